The van der Waals surface area contributed by atoms with Gasteiger partial charge < -0.3 is 5.73 Å². The van der Waals surface area contributed by atoms with Crippen LogP contribution in [0.5, 0.6) is 0 Å². The molecular formula is C15H16N4S. The molecule has 1 aromatic carbocycles. The highest BCUT2D eigenvalue weighted by Crippen LogP contribution is 2.27. The van der Waals surface area contributed by atoms with Crippen molar-refractivity contribution in [2.24, 2.45) is 0 Å². The van der Waals surface area contributed by atoms with E-state index >= 15 is 0 Å². The lowest BCUT2D eigenvalue weighted by atomic mass is 10.1. The van der Waals surface area contributed by atoms with Crippen molar-refractivity contribution < 1.29 is 0 Å². The quantitative estimate of drug-likeness (QED) is 0.801. The summed E-state index contributed by atoms with van der Waals surface area (Å²) in [6.07, 6.45) is 2.89. The maximum atomic E-state index is 5.70. The van der Waals surface area contributed by atoms with E-state index < -0.39 is 0 Å². The summed E-state index contributed by atoms with van der Waals surface area (Å²) >= 11 is 1.45. The molecule has 0 fully saturated rings. The van der Waals surface area contributed by atoms with Gasteiger partial charge in [0.2, 0.25) is 0 Å². The van der Waals surface area contributed by atoms with E-state index in [9.17, 15) is 0 Å². The Balaban J connectivity index is 2.01. The van der Waals surface area contributed by atoms with E-state index in [4.69, 9.17) is 5.73 Å². The fraction of sp³-hybridized carbons (Fsp3) is 0.200. The number of aryl methyl sites for hydroxylation is 1. The Hall–Kier alpha value is -2.14. The van der Waals surface area contributed by atoms with Crippen molar-refractivity contribution in [3.05, 3.63) is 47.1 Å². The van der Waals surface area contributed by atoms with E-state index in [1.165, 1.54) is 16.9 Å². The Labute approximate surface area is 121 Å². The van der Waals surface area contributed by atoms with Crippen LogP contribution in [-0.2, 0) is 6.42 Å². The van der Waals surface area contributed by atoms with Gasteiger partial charge in [-0.15, -0.1) is 11.3 Å². The molecule has 0 spiro atoms. The number of hydrogen-bond acceptors (Lipinski definition) is 4. The molecular weight excluding hydrogens is 268 g/mol. The molecule has 2 heterocycles. The molecule has 0 aliphatic heterocycles. The number of benzene rings is 1. The number of hydrogen-bond donors (Lipinski definition) is 1. The number of nitrogens with zero attached hydrogens (tertiary/aromatic N) is 3. The van der Waals surface area contributed by atoms with Gasteiger partial charge in [0.25, 0.3) is 0 Å². The highest BCUT2D eigenvalue weighted by Gasteiger charge is 2.12. The summed E-state index contributed by atoms with van der Waals surface area (Å²) in [6, 6.07) is 8.46. The van der Waals surface area contributed by atoms with Gasteiger partial charge >= 0.3 is 0 Å². The van der Waals surface area contributed by atoms with Gasteiger partial charge in [0.05, 0.1) is 23.3 Å². The van der Waals surface area contributed by atoms with Crippen molar-refractivity contribution in [2.45, 2.75) is 20.3 Å². The zero-order valence-corrected chi connectivity index (χ0v) is 12.3. The minimum atomic E-state index is 0.583. The summed E-state index contributed by atoms with van der Waals surface area (Å²) in [5, 5.41) is 7.01. The molecule has 4 nitrogen and oxygen atoms in total. The van der Waals surface area contributed by atoms with Crippen LogP contribution >= 0.6 is 11.3 Å². The Morgan fingerprint density at radius 2 is 2.00 bits per heavy atom. The second-order valence-electron chi connectivity index (χ2n) is 4.65. The average molecular weight is 284 g/mol. The first-order valence-corrected chi connectivity index (χ1v) is 7.42. The fourth-order valence-electron chi connectivity index (χ4n) is 2.21. The van der Waals surface area contributed by atoms with Crippen LogP contribution in [0, 0.1) is 6.92 Å². The van der Waals surface area contributed by atoms with Crippen molar-refractivity contribution in [3.63, 3.8) is 0 Å². The van der Waals surface area contributed by atoms with Crippen LogP contribution in [0.2, 0.25) is 0 Å². The highest BCUT2D eigenvalue weighted by atomic mass is 32.1. The first-order chi connectivity index (χ1) is 9.69. The molecule has 0 bridgehead atoms. The zero-order valence-electron chi connectivity index (χ0n) is 11.5. The summed E-state index contributed by atoms with van der Waals surface area (Å²) in [4.78, 5) is 4.32. The number of anilines is 1. The van der Waals surface area contributed by atoms with Gasteiger partial charge in [-0.1, -0.05) is 19.1 Å². The summed E-state index contributed by atoms with van der Waals surface area (Å²) in [5.74, 6) is 0. The predicted octanol–water partition coefficient (Wildman–Crippen LogP) is 3.45. The number of nitrogen functional groups attached to an aromatic ring is 1. The molecule has 5 heteroatoms. The zero-order chi connectivity index (χ0) is 14.1. The first-order valence-electron chi connectivity index (χ1n) is 6.54. The van der Waals surface area contributed by atoms with Gasteiger partial charge in [0, 0.05) is 10.9 Å². The smallest absolute Gasteiger partial charge is 0.180 e. The summed E-state index contributed by atoms with van der Waals surface area (Å²) in [7, 11) is 0. The minimum absolute atomic E-state index is 0.583. The molecule has 102 valence electrons. The van der Waals surface area contributed by atoms with E-state index in [1.54, 1.807) is 0 Å². The van der Waals surface area contributed by atoms with Crippen molar-refractivity contribution in [2.75, 3.05) is 5.73 Å². The third-order valence-corrected chi connectivity index (χ3v) is 4.07. The van der Waals surface area contributed by atoms with Crippen LogP contribution < -0.4 is 5.73 Å². The van der Waals surface area contributed by atoms with Gasteiger partial charge in [-0.2, -0.15) is 5.10 Å². The molecule has 0 aliphatic carbocycles. The molecule has 0 atom stereocenters. The summed E-state index contributed by atoms with van der Waals surface area (Å²) in [5.41, 5.74) is 11.1. The molecule has 0 saturated heterocycles. The first kappa shape index (κ1) is 12.9. The monoisotopic (exact) mass is 284 g/mol. The van der Waals surface area contributed by atoms with Crippen LogP contribution in [0.4, 0.5) is 5.13 Å². The fourth-order valence-corrected chi connectivity index (χ4v) is 2.77. The lowest BCUT2D eigenvalue weighted by Crippen LogP contribution is -1.99. The molecule has 2 aromatic heterocycles. The second-order valence-corrected chi connectivity index (χ2v) is 5.54. The highest BCUT2D eigenvalue weighted by molar-refractivity contribution is 7.13. The van der Waals surface area contributed by atoms with Crippen molar-refractivity contribution in [3.8, 4) is 16.9 Å². The molecule has 0 saturated carbocycles. The molecule has 0 unspecified atom stereocenters. The third kappa shape index (κ3) is 2.20. The van der Waals surface area contributed by atoms with Gasteiger partial charge in [0.1, 0.15) is 0 Å². The molecule has 0 amide bonds. The van der Waals surface area contributed by atoms with Gasteiger partial charge in [0.15, 0.2) is 5.13 Å². The maximum absolute atomic E-state index is 5.70. The molecule has 0 radical (unpaired) electrons. The van der Waals surface area contributed by atoms with Crippen LogP contribution in [0.15, 0.2) is 35.8 Å². The number of nitrogens with two attached hydrogens (primary N) is 1. The van der Waals surface area contributed by atoms with E-state index in [-0.39, 0.29) is 0 Å². The van der Waals surface area contributed by atoms with E-state index in [1.807, 2.05) is 23.2 Å². The predicted molar refractivity (Wildman–Crippen MR) is 83.2 cm³/mol. The normalized spacial score (nSPS) is 10.9. The molecule has 3 rings (SSSR count). The van der Waals surface area contributed by atoms with Gasteiger partial charge in [-0.05, 0) is 31.0 Å². The van der Waals surface area contributed by atoms with E-state index in [2.05, 4.69) is 41.3 Å². The SMILES string of the molecule is CCc1ccc(-n2ncc(-c3csc(N)n3)c2C)cc1. The van der Waals surface area contributed by atoms with Crippen LogP contribution in [-0.4, -0.2) is 14.8 Å². The standard InChI is InChI=1S/C15H16N4S/c1-3-11-4-6-12(7-5-11)19-10(2)13(8-17-19)14-9-20-15(16)18-14/h4-9H,3H2,1-2H3,(H2,16,18). The molecule has 2 N–H and O–H groups in total. The lowest BCUT2D eigenvalue weighted by molar-refractivity contribution is 0.846. The number of rotatable bonds is 3. The molecule has 3 aromatic rings. The number of thiazole rings is 1. The average Bonchev–Trinajstić information content (AvgIpc) is 3.05. The summed E-state index contributed by atoms with van der Waals surface area (Å²) < 4.78 is 1.93. The second kappa shape index (κ2) is 5.09. The van der Waals surface area contributed by atoms with Crippen LogP contribution in [0.3, 0.4) is 0 Å². The van der Waals surface area contributed by atoms with Gasteiger partial charge in [-0.25, -0.2) is 9.67 Å². The Morgan fingerprint density at radius 1 is 1.25 bits per heavy atom. The largest absolute Gasteiger partial charge is 0.375 e. The van der Waals surface area contributed by atoms with E-state index in [0.717, 1.165) is 29.1 Å². The Morgan fingerprint density at radius 3 is 2.60 bits per heavy atom. The van der Waals surface area contributed by atoms with Gasteiger partial charge in [-0.3, -0.25) is 0 Å². The molecule has 0 aliphatic rings. The van der Waals surface area contributed by atoms with Crippen LogP contribution in [0.25, 0.3) is 16.9 Å². The van der Waals surface area contributed by atoms with E-state index in [0.29, 0.717) is 5.13 Å². The molecule has 20 heavy (non-hydrogen) atoms. The van der Waals surface area contributed by atoms with Crippen LogP contribution in [0.1, 0.15) is 18.2 Å². The summed E-state index contributed by atoms with van der Waals surface area (Å²) in [6.45, 7) is 4.20. The number of aromatic nitrogens is 3. The minimum Gasteiger partial charge on any atom is -0.375 e. The van der Waals surface area contributed by atoms with Crippen molar-refractivity contribution in [1.82, 2.24) is 14.8 Å². The van der Waals surface area contributed by atoms with Crippen molar-refractivity contribution >= 4 is 16.5 Å². The maximum Gasteiger partial charge on any atom is 0.180 e. The topological polar surface area (TPSA) is 56.7 Å². The lowest BCUT2D eigenvalue weighted by Gasteiger charge is -2.06. The Bertz CT molecular complexity index is 725. The van der Waals surface area contributed by atoms with Crippen molar-refractivity contribution in [1.29, 1.82) is 0 Å². The Kier molecular flexibility index (Phi) is 3.28. The third-order valence-electron chi connectivity index (χ3n) is 3.40.